The fourth-order valence-corrected chi connectivity index (χ4v) is 3.08. The van der Waals surface area contributed by atoms with E-state index in [-0.39, 0.29) is 24.7 Å². The molecular weight excluding hydrogens is 276 g/mol. The number of ether oxygens (including phenoxy) is 2. The summed E-state index contributed by atoms with van der Waals surface area (Å²) in [6.45, 7) is 1.60. The monoisotopic (exact) mass is 296 g/mol. The summed E-state index contributed by atoms with van der Waals surface area (Å²) < 4.78 is 12.3. The largest absolute Gasteiger partial charge is 0.352 e. The maximum atomic E-state index is 6.16. The Balaban J connectivity index is 1.43. The molecule has 2 aliphatic heterocycles. The lowest BCUT2D eigenvalue weighted by atomic mass is 10.1. The van der Waals surface area contributed by atoms with Gasteiger partial charge in [-0.15, -0.1) is 0 Å². The van der Waals surface area contributed by atoms with Crippen LogP contribution in [0.1, 0.15) is 23.6 Å². The molecule has 114 valence electrons. The van der Waals surface area contributed by atoms with Gasteiger partial charge in [-0.3, -0.25) is 10.6 Å². The van der Waals surface area contributed by atoms with Gasteiger partial charge < -0.3 is 9.47 Å². The zero-order valence-corrected chi connectivity index (χ0v) is 12.3. The molecule has 2 aromatic rings. The van der Waals surface area contributed by atoms with Crippen molar-refractivity contribution in [2.45, 2.75) is 24.7 Å². The molecule has 2 saturated heterocycles. The van der Waals surface area contributed by atoms with Crippen LogP contribution in [-0.2, 0) is 9.47 Å². The van der Waals surface area contributed by atoms with E-state index in [9.17, 15) is 0 Å². The fraction of sp³-hybridized carbons (Fsp3) is 0.333. The number of rotatable bonds is 2. The van der Waals surface area contributed by atoms with E-state index in [1.165, 1.54) is 0 Å². The summed E-state index contributed by atoms with van der Waals surface area (Å²) in [6, 6.07) is 20.5. The van der Waals surface area contributed by atoms with Crippen LogP contribution in [-0.4, -0.2) is 25.3 Å². The first kappa shape index (κ1) is 13.9. The smallest absolute Gasteiger partial charge is 0.134 e. The predicted octanol–water partition coefficient (Wildman–Crippen LogP) is 2.36. The van der Waals surface area contributed by atoms with Gasteiger partial charge in [0.1, 0.15) is 12.5 Å². The van der Waals surface area contributed by atoms with Crippen LogP contribution in [0.15, 0.2) is 60.7 Å². The Morgan fingerprint density at radius 2 is 1.05 bits per heavy atom. The van der Waals surface area contributed by atoms with Crippen LogP contribution in [0.5, 0.6) is 0 Å². The van der Waals surface area contributed by atoms with E-state index in [0.29, 0.717) is 0 Å². The van der Waals surface area contributed by atoms with Crippen molar-refractivity contribution in [2.75, 3.05) is 13.1 Å². The number of nitrogens with one attached hydrogen (secondary N) is 2. The van der Waals surface area contributed by atoms with Gasteiger partial charge in [0.25, 0.3) is 0 Å². The Morgan fingerprint density at radius 1 is 0.636 bits per heavy atom. The fourth-order valence-electron chi connectivity index (χ4n) is 3.08. The van der Waals surface area contributed by atoms with Gasteiger partial charge in [0, 0.05) is 13.1 Å². The van der Waals surface area contributed by atoms with Crippen LogP contribution in [0.3, 0.4) is 0 Å². The van der Waals surface area contributed by atoms with Gasteiger partial charge in [-0.1, -0.05) is 60.7 Å². The van der Waals surface area contributed by atoms with Crippen molar-refractivity contribution < 1.29 is 9.47 Å². The number of hydrogen-bond donors (Lipinski definition) is 2. The Labute approximate surface area is 130 Å². The topological polar surface area (TPSA) is 42.5 Å². The lowest BCUT2D eigenvalue weighted by Gasteiger charge is -2.43. The SMILES string of the molecule is c1ccc([C@@H]2NCC3O[C@@H](c4ccccc4)NCC3O2)cc1. The summed E-state index contributed by atoms with van der Waals surface area (Å²) in [4.78, 5) is 0. The molecular formula is C18H20N2O2. The summed E-state index contributed by atoms with van der Waals surface area (Å²) >= 11 is 0. The quantitative estimate of drug-likeness (QED) is 0.893. The Hall–Kier alpha value is -1.72. The second-order valence-corrected chi connectivity index (χ2v) is 5.75. The van der Waals surface area contributed by atoms with Gasteiger partial charge in [-0.05, 0) is 11.1 Å². The highest BCUT2D eigenvalue weighted by Crippen LogP contribution is 2.28. The number of benzene rings is 2. The molecule has 2 aromatic carbocycles. The third kappa shape index (κ3) is 2.78. The van der Waals surface area contributed by atoms with E-state index in [1.54, 1.807) is 0 Å². The minimum absolute atomic E-state index is 0.0545. The van der Waals surface area contributed by atoms with Gasteiger partial charge >= 0.3 is 0 Å². The molecule has 22 heavy (non-hydrogen) atoms. The standard InChI is InChI=1S/C18H20N2O2/c1-3-7-13(8-4-1)17-19-11-16-15(21-17)12-20-18(22-16)14-9-5-2-6-10-14/h1-10,15-20H,11-12H2/t15?,16?,17-,18+. The minimum atomic E-state index is -0.0545. The molecule has 0 radical (unpaired) electrons. The van der Waals surface area contributed by atoms with Gasteiger partial charge in [-0.25, -0.2) is 0 Å². The van der Waals surface area contributed by atoms with Crippen LogP contribution in [0, 0.1) is 0 Å². The average Bonchev–Trinajstić information content (AvgIpc) is 2.62. The van der Waals surface area contributed by atoms with Gasteiger partial charge in [0.15, 0.2) is 0 Å². The minimum Gasteiger partial charge on any atom is -0.352 e. The molecule has 0 bridgehead atoms. The van der Waals surface area contributed by atoms with Gasteiger partial charge in [0.2, 0.25) is 0 Å². The molecule has 0 saturated carbocycles. The maximum Gasteiger partial charge on any atom is 0.134 e. The van der Waals surface area contributed by atoms with Gasteiger partial charge in [-0.2, -0.15) is 0 Å². The lowest BCUT2D eigenvalue weighted by Crippen LogP contribution is -2.57. The van der Waals surface area contributed by atoms with E-state index < -0.39 is 0 Å². The Bertz CT molecular complexity index is 549. The summed E-state index contributed by atoms with van der Waals surface area (Å²) in [5.41, 5.74) is 2.32. The Morgan fingerprint density at radius 3 is 1.45 bits per heavy atom. The van der Waals surface area contributed by atoms with Crippen molar-refractivity contribution in [1.29, 1.82) is 0 Å². The highest BCUT2D eigenvalue weighted by atomic mass is 16.6. The lowest BCUT2D eigenvalue weighted by molar-refractivity contribution is -0.194. The average molecular weight is 296 g/mol. The molecule has 2 fully saturated rings. The van der Waals surface area contributed by atoms with Crippen molar-refractivity contribution in [3.8, 4) is 0 Å². The zero-order valence-electron chi connectivity index (χ0n) is 12.3. The number of hydrogen-bond acceptors (Lipinski definition) is 4. The van der Waals surface area contributed by atoms with Crippen molar-refractivity contribution >= 4 is 0 Å². The second-order valence-electron chi connectivity index (χ2n) is 5.75. The molecule has 4 nitrogen and oxygen atoms in total. The van der Waals surface area contributed by atoms with E-state index in [1.807, 2.05) is 36.4 Å². The maximum absolute atomic E-state index is 6.16. The molecule has 2 N–H and O–H groups in total. The zero-order chi connectivity index (χ0) is 14.8. The van der Waals surface area contributed by atoms with Crippen LogP contribution < -0.4 is 10.6 Å². The highest BCUT2D eigenvalue weighted by molar-refractivity contribution is 5.19. The number of fused-ring (bicyclic) bond motifs is 1. The first-order chi connectivity index (χ1) is 10.9. The molecule has 0 aliphatic carbocycles. The first-order valence-electron chi connectivity index (χ1n) is 7.78. The normalized spacial score (nSPS) is 31.5. The second kappa shape index (κ2) is 6.18. The molecule has 0 aromatic heterocycles. The summed E-state index contributed by atoms with van der Waals surface area (Å²) in [6.07, 6.45) is 0.0417. The van der Waals surface area contributed by atoms with Crippen LogP contribution in [0.4, 0.5) is 0 Å². The third-order valence-corrected chi connectivity index (χ3v) is 4.25. The van der Waals surface area contributed by atoms with Crippen molar-refractivity contribution in [2.24, 2.45) is 0 Å². The Kier molecular flexibility index (Phi) is 3.91. The molecule has 4 heteroatoms. The van der Waals surface area contributed by atoms with Crippen molar-refractivity contribution in [3.63, 3.8) is 0 Å². The van der Waals surface area contributed by atoms with E-state index >= 15 is 0 Å². The molecule has 2 unspecified atom stereocenters. The van der Waals surface area contributed by atoms with E-state index in [4.69, 9.17) is 9.47 Å². The summed E-state index contributed by atoms with van der Waals surface area (Å²) in [7, 11) is 0. The molecule has 0 amide bonds. The predicted molar refractivity (Wildman–Crippen MR) is 84.1 cm³/mol. The van der Waals surface area contributed by atoms with Crippen molar-refractivity contribution in [1.82, 2.24) is 10.6 Å². The van der Waals surface area contributed by atoms with E-state index in [0.717, 1.165) is 24.2 Å². The molecule has 4 atom stereocenters. The summed E-state index contributed by atoms with van der Waals surface area (Å²) in [5.74, 6) is 0. The van der Waals surface area contributed by atoms with Crippen molar-refractivity contribution in [3.05, 3.63) is 71.8 Å². The molecule has 4 rings (SSSR count). The first-order valence-corrected chi connectivity index (χ1v) is 7.78. The van der Waals surface area contributed by atoms with Gasteiger partial charge in [0.05, 0.1) is 12.2 Å². The molecule has 2 heterocycles. The third-order valence-electron chi connectivity index (χ3n) is 4.25. The summed E-state index contributed by atoms with van der Waals surface area (Å²) in [5, 5.41) is 6.86. The highest BCUT2D eigenvalue weighted by Gasteiger charge is 2.37. The molecule has 0 spiro atoms. The van der Waals surface area contributed by atoms with E-state index in [2.05, 4.69) is 34.9 Å². The van der Waals surface area contributed by atoms with Crippen LogP contribution in [0.2, 0.25) is 0 Å². The van der Waals surface area contributed by atoms with Crippen LogP contribution >= 0.6 is 0 Å². The van der Waals surface area contributed by atoms with Crippen LogP contribution in [0.25, 0.3) is 0 Å². The molecule has 2 aliphatic rings.